The van der Waals surface area contributed by atoms with Crippen molar-refractivity contribution in [3.8, 4) is 0 Å². The second-order valence-electron chi connectivity index (χ2n) is 8.29. The topological polar surface area (TPSA) is 149 Å². The highest BCUT2D eigenvalue weighted by molar-refractivity contribution is 5.98. The Labute approximate surface area is 182 Å². The minimum absolute atomic E-state index is 0.112. The third-order valence-electron chi connectivity index (χ3n) is 6.38. The van der Waals surface area contributed by atoms with Crippen molar-refractivity contribution in [1.82, 2.24) is 30.7 Å². The lowest BCUT2D eigenvalue weighted by molar-refractivity contribution is -0.389. The summed E-state index contributed by atoms with van der Waals surface area (Å²) in [6, 6.07) is 9.17. The number of rotatable bonds is 4. The highest BCUT2D eigenvalue weighted by atomic mass is 16.6. The van der Waals surface area contributed by atoms with Crippen LogP contribution in [0.15, 0.2) is 30.3 Å². The van der Waals surface area contributed by atoms with Gasteiger partial charge in [-0.3, -0.25) is 9.59 Å². The van der Waals surface area contributed by atoms with Crippen LogP contribution >= 0.6 is 0 Å². The van der Waals surface area contributed by atoms with E-state index < -0.39 is 16.4 Å². The maximum absolute atomic E-state index is 13.7. The molecule has 0 saturated carbocycles. The van der Waals surface area contributed by atoms with Crippen molar-refractivity contribution in [2.75, 3.05) is 19.6 Å². The molecule has 3 aromatic rings. The smallest absolute Gasteiger partial charge is 0.343 e. The van der Waals surface area contributed by atoms with E-state index in [4.69, 9.17) is 0 Å². The van der Waals surface area contributed by atoms with Crippen molar-refractivity contribution >= 4 is 28.5 Å². The number of carbonyl (C=O) groups is 2. The molecule has 1 aromatic carbocycles. The number of nitrogens with zero attached hydrogens (tertiary/aromatic N) is 3. The zero-order valence-electron chi connectivity index (χ0n) is 17.3. The van der Waals surface area contributed by atoms with Gasteiger partial charge in [0.15, 0.2) is 5.69 Å². The van der Waals surface area contributed by atoms with Gasteiger partial charge in [0.2, 0.25) is 5.91 Å². The van der Waals surface area contributed by atoms with E-state index in [-0.39, 0.29) is 17.4 Å². The van der Waals surface area contributed by atoms with Gasteiger partial charge in [0.25, 0.3) is 5.91 Å². The summed E-state index contributed by atoms with van der Waals surface area (Å²) >= 11 is 0. The van der Waals surface area contributed by atoms with Crippen LogP contribution in [-0.2, 0) is 17.8 Å². The van der Waals surface area contributed by atoms with Crippen molar-refractivity contribution in [3.63, 3.8) is 0 Å². The number of benzene rings is 1. The summed E-state index contributed by atoms with van der Waals surface area (Å²) in [6.45, 7) is 2.17. The maximum atomic E-state index is 13.7. The second-order valence-corrected chi connectivity index (χ2v) is 8.29. The number of aromatic nitrogens is 3. The van der Waals surface area contributed by atoms with Gasteiger partial charge in [0, 0.05) is 23.1 Å². The van der Waals surface area contributed by atoms with Crippen LogP contribution in [0.1, 0.15) is 34.6 Å². The van der Waals surface area contributed by atoms with E-state index in [1.165, 1.54) is 10.9 Å². The van der Waals surface area contributed by atoms with Crippen molar-refractivity contribution in [3.05, 3.63) is 57.4 Å². The molecule has 2 aromatic heterocycles. The van der Waals surface area contributed by atoms with Crippen LogP contribution in [-0.4, -0.2) is 62.0 Å². The van der Waals surface area contributed by atoms with E-state index in [0.29, 0.717) is 39.0 Å². The fourth-order valence-electron chi connectivity index (χ4n) is 4.72. The number of hydrogen-bond acceptors (Lipinski definition) is 6. The summed E-state index contributed by atoms with van der Waals surface area (Å²) < 4.78 is 0. The van der Waals surface area contributed by atoms with Gasteiger partial charge in [-0.2, -0.15) is 0 Å². The van der Waals surface area contributed by atoms with Gasteiger partial charge in [0.05, 0.1) is 12.6 Å². The lowest BCUT2D eigenvalue weighted by Crippen LogP contribution is -2.64. The van der Waals surface area contributed by atoms with Gasteiger partial charge >= 0.3 is 5.82 Å². The molecule has 32 heavy (non-hydrogen) atoms. The molecular formula is C21H23N7O4. The van der Waals surface area contributed by atoms with Gasteiger partial charge in [0.1, 0.15) is 5.54 Å². The molecule has 11 nitrogen and oxygen atoms in total. The van der Waals surface area contributed by atoms with Gasteiger partial charge < -0.3 is 30.6 Å². The number of aromatic amines is 2. The molecule has 0 radical (unpaired) electrons. The van der Waals surface area contributed by atoms with Crippen molar-refractivity contribution < 1.29 is 14.5 Å². The maximum Gasteiger partial charge on any atom is 0.343 e. The molecule has 2 aliphatic heterocycles. The summed E-state index contributed by atoms with van der Waals surface area (Å²) in [5.41, 5.74) is 2.11. The zero-order valence-corrected chi connectivity index (χ0v) is 17.3. The largest absolute Gasteiger partial charge is 0.358 e. The summed E-state index contributed by atoms with van der Waals surface area (Å²) in [4.78, 5) is 42.0. The summed E-state index contributed by atoms with van der Waals surface area (Å²) in [6.07, 6.45) is 1.60. The number of H-pyrrole nitrogens is 2. The normalized spacial score (nSPS) is 17.7. The lowest BCUT2D eigenvalue weighted by atomic mass is 9.85. The predicted octanol–water partition coefficient (Wildman–Crippen LogP) is 1.24. The molecule has 0 spiro atoms. The van der Waals surface area contributed by atoms with Gasteiger partial charge in [-0.05, 0) is 48.9 Å². The highest BCUT2D eigenvalue weighted by Crippen LogP contribution is 2.30. The van der Waals surface area contributed by atoms with Gasteiger partial charge in [-0.25, -0.2) is 0 Å². The molecule has 1 saturated heterocycles. The predicted molar refractivity (Wildman–Crippen MR) is 115 cm³/mol. The molecule has 166 valence electrons. The first-order chi connectivity index (χ1) is 15.5. The van der Waals surface area contributed by atoms with Crippen LogP contribution in [0, 0.1) is 10.1 Å². The van der Waals surface area contributed by atoms with E-state index in [0.717, 1.165) is 23.7 Å². The molecule has 0 bridgehead atoms. The average Bonchev–Trinajstić information content (AvgIpc) is 3.44. The number of hydrogen-bond donors (Lipinski definition) is 4. The Morgan fingerprint density at radius 2 is 2.00 bits per heavy atom. The first kappa shape index (κ1) is 20.2. The molecule has 4 heterocycles. The van der Waals surface area contributed by atoms with Crippen LogP contribution in [0.2, 0.25) is 0 Å². The van der Waals surface area contributed by atoms with Crippen molar-refractivity contribution in [2.45, 2.75) is 31.3 Å². The second kappa shape index (κ2) is 7.75. The monoisotopic (exact) mass is 437 g/mol. The summed E-state index contributed by atoms with van der Waals surface area (Å²) in [7, 11) is 0. The minimum atomic E-state index is -1.08. The molecule has 1 fully saturated rings. The van der Waals surface area contributed by atoms with Crippen LogP contribution in [0.5, 0.6) is 0 Å². The quantitative estimate of drug-likeness (QED) is 0.356. The number of para-hydroxylation sites is 1. The molecule has 5 rings (SSSR count). The van der Waals surface area contributed by atoms with Gasteiger partial charge in [-0.1, -0.05) is 23.3 Å². The Kier molecular flexibility index (Phi) is 4.89. The Morgan fingerprint density at radius 3 is 2.75 bits per heavy atom. The Balaban J connectivity index is 1.39. The number of amides is 2. The first-order valence-electron chi connectivity index (χ1n) is 10.6. The third-order valence-corrected chi connectivity index (χ3v) is 6.38. The highest BCUT2D eigenvalue weighted by Gasteiger charge is 2.44. The van der Waals surface area contributed by atoms with E-state index in [2.05, 4.69) is 31.9 Å². The molecule has 4 N–H and O–H groups in total. The number of nitrogens with one attached hydrogen (secondary N) is 4. The fraction of sp³-hybridized carbons (Fsp3) is 0.381. The number of fused-ring (bicyclic) bond motifs is 3. The molecule has 2 amide bonds. The van der Waals surface area contributed by atoms with Crippen molar-refractivity contribution in [2.24, 2.45) is 0 Å². The van der Waals surface area contributed by atoms with E-state index in [9.17, 15) is 19.7 Å². The SMILES string of the molecule is O=C(NC1(C(=O)N2CCc3c([nH]c4ccccc34)C2)CCNCC1)c1cc([N+](=O)[O-])[nH]n1. The van der Waals surface area contributed by atoms with E-state index in [1.54, 1.807) is 4.90 Å². The van der Waals surface area contributed by atoms with Crippen LogP contribution in [0.3, 0.4) is 0 Å². The van der Waals surface area contributed by atoms with Crippen LogP contribution in [0.25, 0.3) is 10.9 Å². The first-order valence-corrected chi connectivity index (χ1v) is 10.6. The van der Waals surface area contributed by atoms with Crippen LogP contribution < -0.4 is 10.6 Å². The lowest BCUT2D eigenvalue weighted by Gasteiger charge is -2.41. The molecule has 0 unspecified atom stereocenters. The Bertz CT molecular complexity index is 1210. The average molecular weight is 437 g/mol. The molecule has 2 aliphatic rings. The van der Waals surface area contributed by atoms with Crippen LogP contribution in [0.4, 0.5) is 5.82 Å². The molecule has 0 atom stereocenters. The zero-order chi connectivity index (χ0) is 22.3. The molecule has 11 heteroatoms. The van der Waals surface area contributed by atoms with Crippen molar-refractivity contribution in [1.29, 1.82) is 0 Å². The summed E-state index contributed by atoms with van der Waals surface area (Å²) in [5, 5.41) is 24.1. The molecule has 0 aliphatic carbocycles. The number of piperidine rings is 1. The van der Waals surface area contributed by atoms with E-state index >= 15 is 0 Å². The Hall–Kier alpha value is -3.73. The standard InChI is InChI=1S/C21H23N7O4/c29-19(16-11-18(26-25-16)28(31)32)24-21(6-8-22-9-7-21)20(30)27-10-5-14-13-3-1-2-4-15(13)23-17(14)12-27/h1-4,11,22-23H,5-10,12H2,(H,24,29)(H,25,26). The molecular weight excluding hydrogens is 414 g/mol. The summed E-state index contributed by atoms with van der Waals surface area (Å²) in [5.74, 6) is -1.11. The number of carbonyl (C=O) groups excluding carboxylic acids is 2. The minimum Gasteiger partial charge on any atom is -0.358 e. The third kappa shape index (κ3) is 3.40. The number of nitro groups is 1. The Morgan fingerprint density at radius 1 is 1.22 bits per heavy atom. The van der Waals surface area contributed by atoms with Gasteiger partial charge in [-0.15, -0.1) is 5.10 Å². The van der Waals surface area contributed by atoms with E-state index in [1.807, 2.05) is 18.2 Å². The fourth-order valence-corrected chi connectivity index (χ4v) is 4.72.